The van der Waals surface area contributed by atoms with Crippen LogP contribution in [0.2, 0.25) is 5.02 Å². The Bertz CT molecular complexity index is 389. The summed E-state index contributed by atoms with van der Waals surface area (Å²) in [5, 5.41) is 4.01. The van der Waals surface area contributed by atoms with Gasteiger partial charge < -0.3 is 15.1 Å². The third-order valence-electron chi connectivity index (χ3n) is 3.27. The molecule has 1 N–H and O–H groups in total. The van der Waals surface area contributed by atoms with Crippen molar-refractivity contribution in [2.24, 2.45) is 0 Å². The van der Waals surface area contributed by atoms with Crippen LogP contribution in [0.3, 0.4) is 0 Å². The van der Waals surface area contributed by atoms with Crippen LogP contribution in [0.5, 0.6) is 0 Å². The van der Waals surface area contributed by atoms with Crippen LogP contribution in [0.15, 0.2) is 12.1 Å². The number of rotatable bonds is 4. The average Bonchev–Trinajstić information content (AvgIpc) is 2.39. The minimum atomic E-state index is 0.733. The van der Waals surface area contributed by atoms with Crippen LogP contribution in [0.4, 0.5) is 5.82 Å². The van der Waals surface area contributed by atoms with Crippen LogP contribution in [0, 0.1) is 0 Å². The monoisotopic (exact) mass is 268 g/mol. The highest BCUT2D eigenvalue weighted by Gasteiger charge is 2.16. The van der Waals surface area contributed by atoms with E-state index < -0.39 is 0 Å². The molecular weight excluding hydrogens is 248 g/mol. The number of piperazine rings is 1. The van der Waals surface area contributed by atoms with Gasteiger partial charge in [0.25, 0.3) is 0 Å². The SMILES string of the molecule is CCNCc1nc(N2CCN(C)CC2)ccc1Cl. The molecular formula is C13H21ClN4. The van der Waals surface area contributed by atoms with Crippen molar-refractivity contribution in [1.29, 1.82) is 0 Å². The van der Waals surface area contributed by atoms with Gasteiger partial charge in [0.1, 0.15) is 5.82 Å². The van der Waals surface area contributed by atoms with E-state index in [4.69, 9.17) is 11.6 Å². The van der Waals surface area contributed by atoms with Crippen molar-refractivity contribution >= 4 is 17.4 Å². The van der Waals surface area contributed by atoms with Crippen LogP contribution < -0.4 is 10.2 Å². The van der Waals surface area contributed by atoms with Gasteiger partial charge in [0.2, 0.25) is 0 Å². The maximum absolute atomic E-state index is 6.16. The molecule has 4 nitrogen and oxygen atoms in total. The van der Waals surface area contributed by atoms with Crippen LogP contribution in [0.1, 0.15) is 12.6 Å². The normalized spacial score (nSPS) is 17.2. The summed E-state index contributed by atoms with van der Waals surface area (Å²) in [6, 6.07) is 3.97. The van der Waals surface area contributed by atoms with Crippen molar-refractivity contribution in [3.63, 3.8) is 0 Å². The number of pyridine rings is 1. The van der Waals surface area contributed by atoms with E-state index in [-0.39, 0.29) is 0 Å². The third-order valence-corrected chi connectivity index (χ3v) is 3.62. The molecule has 0 amide bonds. The van der Waals surface area contributed by atoms with E-state index in [2.05, 4.69) is 34.1 Å². The van der Waals surface area contributed by atoms with Gasteiger partial charge in [-0.05, 0) is 25.7 Å². The summed E-state index contributed by atoms with van der Waals surface area (Å²) in [6.45, 7) is 7.99. The van der Waals surface area contributed by atoms with Gasteiger partial charge in [-0.1, -0.05) is 18.5 Å². The molecule has 1 aliphatic rings. The van der Waals surface area contributed by atoms with Crippen LogP contribution in [-0.4, -0.2) is 49.7 Å². The van der Waals surface area contributed by atoms with Crippen molar-refractivity contribution in [1.82, 2.24) is 15.2 Å². The molecule has 0 bridgehead atoms. The highest BCUT2D eigenvalue weighted by Crippen LogP contribution is 2.20. The Labute approximate surface area is 114 Å². The molecule has 0 spiro atoms. The van der Waals surface area contributed by atoms with E-state index in [0.717, 1.165) is 55.8 Å². The van der Waals surface area contributed by atoms with E-state index in [1.165, 1.54) is 0 Å². The lowest BCUT2D eigenvalue weighted by atomic mass is 10.3. The van der Waals surface area contributed by atoms with Crippen molar-refractivity contribution in [3.05, 3.63) is 22.8 Å². The van der Waals surface area contributed by atoms with Crippen molar-refractivity contribution in [2.45, 2.75) is 13.5 Å². The fourth-order valence-corrected chi connectivity index (χ4v) is 2.22. The molecule has 2 rings (SSSR count). The number of nitrogens with one attached hydrogen (secondary N) is 1. The summed E-state index contributed by atoms with van der Waals surface area (Å²) in [5.74, 6) is 1.04. The molecule has 1 saturated heterocycles. The number of nitrogens with zero attached hydrogens (tertiary/aromatic N) is 3. The zero-order valence-electron chi connectivity index (χ0n) is 11.1. The predicted octanol–water partition coefficient (Wildman–Crippen LogP) is 1.60. The molecule has 1 fully saturated rings. The van der Waals surface area contributed by atoms with E-state index >= 15 is 0 Å². The Hall–Kier alpha value is -0.840. The summed E-state index contributed by atoms with van der Waals surface area (Å²) in [4.78, 5) is 9.34. The predicted molar refractivity (Wildman–Crippen MR) is 76.3 cm³/mol. The molecule has 100 valence electrons. The van der Waals surface area contributed by atoms with Crippen molar-refractivity contribution < 1.29 is 0 Å². The lowest BCUT2D eigenvalue weighted by Crippen LogP contribution is -2.44. The second kappa shape index (κ2) is 6.36. The highest BCUT2D eigenvalue weighted by atomic mass is 35.5. The first-order chi connectivity index (χ1) is 8.70. The average molecular weight is 269 g/mol. The summed E-state index contributed by atoms with van der Waals surface area (Å²) >= 11 is 6.16. The maximum atomic E-state index is 6.16. The van der Waals surface area contributed by atoms with Crippen LogP contribution in [-0.2, 0) is 6.54 Å². The first kappa shape index (κ1) is 13.6. The highest BCUT2D eigenvalue weighted by molar-refractivity contribution is 6.31. The zero-order chi connectivity index (χ0) is 13.0. The summed E-state index contributed by atoms with van der Waals surface area (Å²) < 4.78 is 0. The fraction of sp³-hybridized carbons (Fsp3) is 0.615. The second-order valence-electron chi connectivity index (χ2n) is 4.67. The van der Waals surface area contributed by atoms with E-state index in [9.17, 15) is 0 Å². The number of likely N-dealkylation sites (N-methyl/N-ethyl adjacent to an activating group) is 1. The van der Waals surface area contributed by atoms with Gasteiger partial charge in [-0.25, -0.2) is 4.98 Å². The Morgan fingerprint density at radius 2 is 2.00 bits per heavy atom. The number of aromatic nitrogens is 1. The minimum Gasteiger partial charge on any atom is -0.354 e. The Kier molecular flexibility index (Phi) is 4.80. The smallest absolute Gasteiger partial charge is 0.129 e. The summed E-state index contributed by atoms with van der Waals surface area (Å²) in [6.07, 6.45) is 0. The van der Waals surface area contributed by atoms with E-state index in [1.54, 1.807) is 0 Å². The zero-order valence-corrected chi connectivity index (χ0v) is 11.9. The number of hydrogen-bond donors (Lipinski definition) is 1. The first-order valence-electron chi connectivity index (χ1n) is 6.50. The molecule has 0 radical (unpaired) electrons. The van der Waals surface area contributed by atoms with Gasteiger partial charge in [0, 0.05) is 32.7 Å². The summed E-state index contributed by atoms with van der Waals surface area (Å²) in [5.41, 5.74) is 0.940. The molecule has 2 heterocycles. The lowest BCUT2D eigenvalue weighted by molar-refractivity contribution is 0.312. The van der Waals surface area contributed by atoms with E-state index in [1.807, 2.05) is 12.1 Å². The van der Waals surface area contributed by atoms with Gasteiger partial charge >= 0.3 is 0 Å². The molecule has 5 heteroatoms. The molecule has 1 aromatic heterocycles. The molecule has 1 aliphatic heterocycles. The second-order valence-corrected chi connectivity index (χ2v) is 5.08. The third kappa shape index (κ3) is 3.34. The van der Waals surface area contributed by atoms with Crippen molar-refractivity contribution in [2.75, 3.05) is 44.7 Å². The Balaban J connectivity index is 2.08. The first-order valence-corrected chi connectivity index (χ1v) is 6.88. The largest absolute Gasteiger partial charge is 0.354 e. The van der Waals surface area contributed by atoms with E-state index in [0.29, 0.717) is 0 Å². The molecule has 0 atom stereocenters. The Morgan fingerprint density at radius 1 is 1.28 bits per heavy atom. The van der Waals surface area contributed by atoms with Gasteiger partial charge in [-0.15, -0.1) is 0 Å². The fourth-order valence-electron chi connectivity index (χ4n) is 2.05. The number of halogens is 1. The van der Waals surface area contributed by atoms with Crippen LogP contribution in [0.25, 0.3) is 0 Å². The standard InChI is InChI=1S/C13H21ClN4/c1-3-15-10-12-11(14)4-5-13(16-12)18-8-6-17(2)7-9-18/h4-5,15H,3,6-10H2,1-2H3. The van der Waals surface area contributed by atoms with Crippen LogP contribution >= 0.6 is 11.6 Å². The van der Waals surface area contributed by atoms with Gasteiger partial charge in [-0.2, -0.15) is 0 Å². The molecule has 0 unspecified atom stereocenters. The van der Waals surface area contributed by atoms with Gasteiger partial charge in [0.05, 0.1) is 10.7 Å². The van der Waals surface area contributed by atoms with Crippen molar-refractivity contribution in [3.8, 4) is 0 Å². The topological polar surface area (TPSA) is 31.4 Å². The Morgan fingerprint density at radius 3 is 2.67 bits per heavy atom. The number of anilines is 1. The maximum Gasteiger partial charge on any atom is 0.129 e. The quantitative estimate of drug-likeness (QED) is 0.899. The van der Waals surface area contributed by atoms with Gasteiger partial charge in [-0.3, -0.25) is 0 Å². The molecule has 18 heavy (non-hydrogen) atoms. The molecule has 0 aliphatic carbocycles. The molecule has 0 saturated carbocycles. The lowest BCUT2D eigenvalue weighted by Gasteiger charge is -2.33. The van der Waals surface area contributed by atoms with Gasteiger partial charge in [0.15, 0.2) is 0 Å². The molecule has 0 aromatic carbocycles. The minimum absolute atomic E-state index is 0.733. The summed E-state index contributed by atoms with van der Waals surface area (Å²) in [7, 11) is 2.16. The number of hydrogen-bond acceptors (Lipinski definition) is 4. The molecule has 1 aromatic rings.